The maximum absolute atomic E-state index is 12.8. The van der Waals surface area contributed by atoms with Gasteiger partial charge in [-0.05, 0) is 52.3 Å². The van der Waals surface area contributed by atoms with E-state index in [-0.39, 0.29) is 30.9 Å². The van der Waals surface area contributed by atoms with Gasteiger partial charge in [0.15, 0.2) is 0 Å². The predicted octanol–water partition coefficient (Wildman–Crippen LogP) is 3.24. The average molecular weight is 478 g/mol. The molecule has 0 saturated carbocycles. The number of aryl methyl sites for hydroxylation is 1. The first-order chi connectivity index (χ1) is 15.7. The van der Waals surface area contributed by atoms with Gasteiger partial charge in [0, 0.05) is 12.6 Å². The topological polar surface area (TPSA) is 118 Å². The minimum atomic E-state index is -0.723. The van der Waals surface area contributed by atoms with Crippen molar-refractivity contribution in [3.8, 4) is 0 Å². The molecule has 2 N–H and O–H groups in total. The molecular weight excluding hydrogens is 446 g/mol. The Morgan fingerprint density at radius 3 is 2.73 bits per heavy atom. The lowest BCUT2D eigenvalue weighted by Crippen LogP contribution is -2.39. The van der Waals surface area contributed by atoms with E-state index in [2.05, 4.69) is 9.97 Å². The number of hydrogen-bond donors (Lipinski definition) is 2. The number of aliphatic hydroxyl groups excluding tert-OH is 1. The Balaban J connectivity index is 1.71. The summed E-state index contributed by atoms with van der Waals surface area (Å²) in [6.07, 6.45) is 0.600. The summed E-state index contributed by atoms with van der Waals surface area (Å²) >= 11 is 1.16. The van der Waals surface area contributed by atoms with E-state index >= 15 is 0 Å². The van der Waals surface area contributed by atoms with E-state index in [1.165, 1.54) is 0 Å². The smallest absolute Gasteiger partial charge is 0.348 e. The second-order valence-electron chi connectivity index (χ2n) is 8.47. The van der Waals surface area contributed by atoms with Crippen LogP contribution in [0, 0.1) is 6.92 Å². The molecular formula is C23H31N3O6S. The molecule has 9 nitrogen and oxygen atoms in total. The van der Waals surface area contributed by atoms with Crippen LogP contribution < -0.4 is 5.56 Å². The van der Waals surface area contributed by atoms with E-state index in [4.69, 9.17) is 13.9 Å². The van der Waals surface area contributed by atoms with Gasteiger partial charge in [-0.15, -0.1) is 11.3 Å². The third-order valence-electron chi connectivity index (χ3n) is 5.04. The second-order valence-corrected chi connectivity index (χ2v) is 9.47. The summed E-state index contributed by atoms with van der Waals surface area (Å²) in [4.78, 5) is 35.5. The van der Waals surface area contributed by atoms with Crippen LogP contribution in [0.1, 0.15) is 54.5 Å². The number of furan rings is 1. The van der Waals surface area contributed by atoms with Gasteiger partial charge in [0.25, 0.3) is 5.56 Å². The number of nitrogens with one attached hydrogen (secondary N) is 1. The van der Waals surface area contributed by atoms with Gasteiger partial charge >= 0.3 is 5.97 Å². The lowest BCUT2D eigenvalue weighted by Gasteiger charge is -2.28. The van der Waals surface area contributed by atoms with Crippen LogP contribution in [0.5, 0.6) is 0 Å². The fraction of sp³-hybridized carbons (Fsp3) is 0.522. The van der Waals surface area contributed by atoms with Gasteiger partial charge in [0.2, 0.25) is 0 Å². The number of carbonyl (C=O) groups excluding carboxylic acids is 1. The zero-order chi connectivity index (χ0) is 24.1. The Labute approximate surface area is 196 Å². The standard InChI is InChI=1S/C23H31N3O6S/c1-13(2)26(9-16(27)11-30-12-17-7-6-8-31-17)10-18-24-21(28)19-15(5)20(33-22(19)25-18)23(29)32-14(3)4/h6-8,13-14,16,27H,9-12H2,1-5H3,(H,24,25,28). The van der Waals surface area contributed by atoms with E-state index in [0.717, 1.165) is 11.3 Å². The van der Waals surface area contributed by atoms with Crippen LogP contribution in [0.25, 0.3) is 10.2 Å². The van der Waals surface area contributed by atoms with E-state index in [0.29, 0.717) is 45.3 Å². The molecule has 0 aromatic carbocycles. The van der Waals surface area contributed by atoms with Gasteiger partial charge in [0.1, 0.15) is 27.9 Å². The number of rotatable bonds is 11. The van der Waals surface area contributed by atoms with Crippen molar-refractivity contribution in [3.63, 3.8) is 0 Å². The largest absolute Gasteiger partial charge is 0.467 e. The molecule has 3 heterocycles. The highest BCUT2D eigenvalue weighted by Crippen LogP contribution is 2.28. The molecule has 1 atom stereocenters. The number of aliphatic hydroxyl groups is 1. The summed E-state index contributed by atoms with van der Waals surface area (Å²) in [6, 6.07) is 3.68. The van der Waals surface area contributed by atoms with Crippen molar-refractivity contribution in [3.05, 3.63) is 50.8 Å². The van der Waals surface area contributed by atoms with E-state index in [9.17, 15) is 14.7 Å². The van der Waals surface area contributed by atoms with Crippen molar-refractivity contribution < 1.29 is 23.8 Å². The fourth-order valence-corrected chi connectivity index (χ4v) is 4.47. The zero-order valence-corrected chi connectivity index (χ0v) is 20.4. The molecule has 0 radical (unpaired) electrons. The summed E-state index contributed by atoms with van der Waals surface area (Å²) in [5.41, 5.74) is 0.282. The molecule has 10 heteroatoms. The van der Waals surface area contributed by atoms with Crippen LogP contribution >= 0.6 is 11.3 Å². The van der Waals surface area contributed by atoms with Crippen molar-refractivity contribution in [1.29, 1.82) is 0 Å². The minimum Gasteiger partial charge on any atom is -0.467 e. The second kappa shape index (κ2) is 11.1. The van der Waals surface area contributed by atoms with Crippen LogP contribution in [0.4, 0.5) is 0 Å². The minimum absolute atomic E-state index is 0.0902. The molecule has 3 aromatic rings. The monoisotopic (exact) mass is 477 g/mol. The first-order valence-electron chi connectivity index (χ1n) is 10.9. The van der Waals surface area contributed by atoms with E-state index in [1.54, 1.807) is 33.1 Å². The lowest BCUT2D eigenvalue weighted by atomic mass is 10.2. The van der Waals surface area contributed by atoms with Crippen LogP contribution in [-0.2, 0) is 22.6 Å². The predicted molar refractivity (Wildman–Crippen MR) is 125 cm³/mol. The van der Waals surface area contributed by atoms with Crippen LogP contribution in [-0.4, -0.2) is 57.3 Å². The number of ether oxygens (including phenoxy) is 2. The number of esters is 1. The first-order valence-corrected chi connectivity index (χ1v) is 11.7. The molecule has 0 bridgehead atoms. The van der Waals surface area contributed by atoms with Crippen molar-refractivity contribution >= 4 is 27.5 Å². The number of hydrogen-bond acceptors (Lipinski definition) is 9. The number of aromatic nitrogens is 2. The van der Waals surface area contributed by atoms with Crippen LogP contribution in [0.15, 0.2) is 27.6 Å². The van der Waals surface area contributed by atoms with Crippen molar-refractivity contribution in [2.45, 2.75) is 66.0 Å². The summed E-state index contributed by atoms with van der Waals surface area (Å²) < 4.78 is 16.0. The molecule has 0 amide bonds. The number of fused-ring (bicyclic) bond motifs is 1. The Kier molecular flexibility index (Phi) is 8.41. The molecule has 0 aliphatic carbocycles. The molecule has 0 fully saturated rings. The summed E-state index contributed by atoms with van der Waals surface area (Å²) in [5.74, 6) is 0.712. The summed E-state index contributed by atoms with van der Waals surface area (Å²) in [5, 5.41) is 10.8. The van der Waals surface area contributed by atoms with Crippen LogP contribution in [0.3, 0.4) is 0 Å². The highest BCUT2D eigenvalue weighted by atomic mass is 32.1. The van der Waals surface area contributed by atoms with Gasteiger partial charge in [-0.2, -0.15) is 0 Å². The Morgan fingerprint density at radius 1 is 1.33 bits per heavy atom. The molecule has 1 unspecified atom stereocenters. The Hall–Kier alpha value is -2.53. The fourth-order valence-electron chi connectivity index (χ4n) is 3.39. The molecule has 0 aliphatic rings. The molecule has 0 spiro atoms. The maximum atomic E-state index is 12.8. The molecule has 3 rings (SSSR count). The number of H-pyrrole nitrogens is 1. The Bertz CT molecular complexity index is 1120. The van der Waals surface area contributed by atoms with Gasteiger partial charge in [-0.3, -0.25) is 9.69 Å². The van der Waals surface area contributed by atoms with Gasteiger partial charge in [-0.25, -0.2) is 9.78 Å². The van der Waals surface area contributed by atoms with Crippen molar-refractivity contribution in [2.24, 2.45) is 0 Å². The maximum Gasteiger partial charge on any atom is 0.348 e. The van der Waals surface area contributed by atoms with Crippen LogP contribution in [0.2, 0.25) is 0 Å². The van der Waals surface area contributed by atoms with Gasteiger partial charge in [0.05, 0.1) is 37.0 Å². The lowest BCUT2D eigenvalue weighted by molar-refractivity contribution is -0.00158. The molecule has 3 aromatic heterocycles. The van der Waals surface area contributed by atoms with Gasteiger partial charge in [-0.1, -0.05) is 0 Å². The van der Waals surface area contributed by atoms with E-state index in [1.807, 2.05) is 24.8 Å². The SMILES string of the molecule is Cc1c(C(=O)OC(C)C)sc2nc(CN(CC(O)COCc3ccco3)C(C)C)[nH]c(=O)c12. The number of nitrogens with zero attached hydrogens (tertiary/aromatic N) is 2. The third-order valence-corrected chi connectivity index (χ3v) is 6.21. The first kappa shape index (κ1) is 25.1. The van der Waals surface area contributed by atoms with Crippen molar-refractivity contribution in [1.82, 2.24) is 14.9 Å². The quantitative estimate of drug-likeness (QED) is 0.404. The average Bonchev–Trinajstić information content (AvgIpc) is 3.35. The molecule has 180 valence electrons. The number of aromatic amines is 1. The molecule has 0 aliphatic heterocycles. The van der Waals surface area contributed by atoms with Crippen molar-refractivity contribution in [2.75, 3.05) is 13.2 Å². The summed E-state index contributed by atoms with van der Waals surface area (Å²) in [7, 11) is 0. The summed E-state index contributed by atoms with van der Waals surface area (Å²) in [6.45, 7) is 10.4. The molecule has 33 heavy (non-hydrogen) atoms. The Morgan fingerprint density at radius 2 is 2.09 bits per heavy atom. The normalized spacial score (nSPS) is 12.9. The zero-order valence-electron chi connectivity index (χ0n) is 19.6. The number of thiophene rings is 1. The number of carbonyl (C=O) groups is 1. The highest BCUT2D eigenvalue weighted by molar-refractivity contribution is 7.20. The third kappa shape index (κ3) is 6.50. The highest BCUT2D eigenvalue weighted by Gasteiger charge is 2.22. The molecule has 0 saturated heterocycles. The van der Waals surface area contributed by atoms with E-state index < -0.39 is 12.1 Å². The van der Waals surface area contributed by atoms with Gasteiger partial charge < -0.3 is 24.0 Å².